The summed E-state index contributed by atoms with van der Waals surface area (Å²) < 4.78 is 15.5. The van der Waals surface area contributed by atoms with Gasteiger partial charge in [-0.2, -0.15) is 0 Å². The summed E-state index contributed by atoms with van der Waals surface area (Å²) >= 11 is 0. The lowest BCUT2D eigenvalue weighted by Gasteiger charge is -2.23. The zero-order valence-corrected chi connectivity index (χ0v) is 11.7. The maximum Gasteiger partial charge on any atom is 0.408 e. The quantitative estimate of drug-likeness (QED) is 0.556. The van der Waals surface area contributed by atoms with E-state index in [0.29, 0.717) is 0 Å². The van der Waals surface area contributed by atoms with Crippen LogP contribution in [0.15, 0.2) is 0 Å². The van der Waals surface area contributed by atoms with Gasteiger partial charge in [-0.05, 0) is 20.8 Å². The van der Waals surface area contributed by atoms with Gasteiger partial charge in [0.2, 0.25) is 0 Å². The Morgan fingerprint density at radius 1 is 1.16 bits per heavy atom. The van der Waals surface area contributed by atoms with E-state index >= 15 is 0 Å². The minimum atomic E-state index is -0.562. The van der Waals surface area contributed by atoms with Crippen molar-refractivity contribution in [3.63, 3.8) is 0 Å². The van der Waals surface area contributed by atoms with Crippen LogP contribution in [0.4, 0.5) is 4.79 Å². The summed E-state index contributed by atoms with van der Waals surface area (Å²) in [5, 5.41) is 2.64. The summed E-state index contributed by atoms with van der Waals surface area (Å²) in [7, 11) is 0. The molecule has 0 saturated carbocycles. The monoisotopic (exact) mass is 267 g/mol. The summed E-state index contributed by atoms with van der Waals surface area (Å²) in [5.74, 6) is 4.69. The first-order chi connectivity index (χ1) is 8.89. The second kappa shape index (κ2) is 9.27. The van der Waals surface area contributed by atoms with Crippen molar-refractivity contribution in [1.82, 2.24) is 5.32 Å². The van der Waals surface area contributed by atoms with E-state index in [0.717, 1.165) is 0 Å². The predicted octanol–water partition coefficient (Wildman–Crippen LogP) is 1.18. The number of hydrogen-bond acceptors (Lipinski definition) is 4. The number of ether oxygens (including phenoxy) is 3. The highest BCUT2D eigenvalue weighted by molar-refractivity contribution is 5.68. The number of alkyl carbamates (subject to hydrolysis) is 1. The topological polar surface area (TPSA) is 56.8 Å². The zero-order chi connectivity index (χ0) is 14.7. The lowest BCUT2D eigenvalue weighted by molar-refractivity contribution is 0.0359. The van der Waals surface area contributed by atoms with E-state index in [9.17, 15) is 4.79 Å². The number of nitrogens with one attached hydrogen (secondary N) is 1. The van der Waals surface area contributed by atoms with Crippen LogP contribution in [0.3, 0.4) is 0 Å². The molecule has 19 heavy (non-hydrogen) atoms. The summed E-state index contributed by atoms with van der Waals surface area (Å²) in [5.41, 5.74) is -0.562. The van der Waals surface area contributed by atoms with E-state index in [4.69, 9.17) is 27.1 Å². The van der Waals surface area contributed by atoms with Crippen molar-refractivity contribution in [2.24, 2.45) is 0 Å². The molecule has 0 aliphatic rings. The minimum Gasteiger partial charge on any atom is -0.444 e. The highest BCUT2D eigenvalue weighted by Crippen LogP contribution is 2.06. The van der Waals surface area contributed by atoms with E-state index < -0.39 is 11.7 Å². The number of amides is 1. The molecule has 0 bridgehead atoms. The molecule has 0 aliphatic carbocycles. The molecule has 0 aromatic rings. The molecule has 1 N–H and O–H groups in total. The molecule has 0 rings (SSSR count). The molecule has 0 fully saturated rings. The van der Waals surface area contributed by atoms with Crippen LogP contribution >= 0.6 is 0 Å². The fraction of sp³-hybridized carbons (Fsp3) is 0.643. The molecule has 0 saturated heterocycles. The van der Waals surface area contributed by atoms with Gasteiger partial charge in [0.05, 0.1) is 19.3 Å². The molecular weight excluding hydrogens is 246 g/mol. The van der Waals surface area contributed by atoms with Crippen LogP contribution in [0.5, 0.6) is 0 Å². The molecule has 0 aromatic carbocycles. The van der Waals surface area contributed by atoms with Crippen LogP contribution in [0.1, 0.15) is 20.8 Å². The second-order valence-electron chi connectivity index (χ2n) is 4.78. The molecule has 0 aromatic heterocycles. The third-order valence-electron chi connectivity index (χ3n) is 1.73. The van der Waals surface area contributed by atoms with Crippen LogP contribution < -0.4 is 5.32 Å². The van der Waals surface area contributed by atoms with Crippen molar-refractivity contribution in [2.75, 3.05) is 26.4 Å². The van der Waals surface area contributed by atoms with Crippen molar-refractivity contribution in [2.45, 2.75) is 32.4 Å². The van der Waals surface area contributed by atoms with Gasteiger partial charge >= 0.3 is 6.09 Å². The van der Waals surface area contributed by atoms with Crippen LogP contribution in [0, 0.1) is 24.7 Å². The third kappa shape index (κ3) is 11.1. The second-order valence-corrected chi connectivity index (χ2v) is 4.78. The Kier molecular flexibility index (Phi) is 8.44. The number of carbonyl (C=O) groups is 1. The van der Waals surface area contributed by atoms with Crippen molar-refractivity contribution < 1.29 is 19.0 Å². The van der Waals surface area contributed by atoms with E-state index in [1.54, 1.807) is 20.8 Å². The summed E-state index contributed by atoms with van der Waals surface area (Å²) in [4.78, 5) is 11.6. The lowest BCUT2D eigenvalue weighted by Crippen LogP contribution is -2.44. The normalized spacial score (nSPS) is 10.6. The Hall–Kier alpha value is -1.69. The van der Waals surface area contributed by atoms with Gasteiger partial charge in [-0.1, -0.05) is 11.8 Å². The van der Waals surface area contributed by atoms with Crippen LogP contribution in [0.2, 0.25) is 0 Å². The lowest BCUT2D eigenvalue weighted by atomic mass is 10.2. The Balaban J connectivity index is 4.20. The molecule has 0 atom stereocenters. The SMILES string of the molecule is C#CCOCC(COCC#C)NC(=O)OC(C)(C)C. The maximum atomic E-state index is 11.6. The van der Waals surface area contributed by atoms with E-state index in [2.05, 4.69) is 17.2 Å². The average molecular weight is 267 g/mol. The first kappa shape index (κ1) is 17.3. The van der Waals surface area contributed by atoms with Crippen molar-refractivity contribution in [3.05, 3.63) is 0 Å². The van der Waals surface area contributed by atoms with Gasteiger partial charge in [0.1, 0.15) is 18.8 Å². The fourth-order valence-electron chi connectivity index (χ4n) is 1.13. The third-order valence-corrected chi connectivity index (χ3v) is 1.73. The van der Waals surface area contributed by atoms with E-state index in [-0.39, 0.29) is 32.5 Å². The summed E-state index contributed by atoms with van der Waals surface area (Å²) in [6.07, 6.45) is 9.62. The number of terminal acetylenes is 2. The van der Waals surface area contributed by atoms with Gasteiger partial charge in [0, 0.05) is 0 Å². The number of hydrogen-bond donors (Lipinski definition) is 1. The fourth-order valence-corrected chi connectivity index (χ4v) is 1.13. The molecular formula is C14H21NO4. The largest absolute Gasteiger partial charge is 0.444 e. The molecule has 0 radical (unpaired) electrons. The maximum absolute atomic E-state index is 11.6. The summed E-state index contributed by atoms with van der Waals surface area (Å²) in [6, 6.07) is -0.364. The Labute approximate surface area is 115 Å². The molecule has 5 nitrogen and oxygen atoms in total. The number of rotatable bonds is 7. The standard InChI is InChI=1S/C14H21NO4/c1-6-8-17-10-12(11-18-9-7-2)15-13(16)19-14(3,4)5/h1-2,12H,8-11H2,3-5H3,(H,15,16). The molecule has 0 unspecified atom stereocenters. The van der Waals surface area contributed by atoms with Gasteiger partial charge < -0.3 is 19.5 Å². The Bertz CT molecular complexity index is 326. The molecule has 106 valence electrons. The molecule has 0 spiro atoms. The van der Waals surface area contributed by atoms with Crippen molar-refractivity contribution in [3.8, 4) is 24.7 Å². The molecule has 1 amide bonds. The van der Waals surface area contributed by atoms with Gasteiger partial charge in [-0.15, -0.1) is 12.8 Å². The Morgan fingerprint density at radius 3 is 2.00 bits per heavy atom. The smallest absolute Gasteiger partial charge is 0.408 e. The van der Waals surface area contributed by atoms with Crippen molar-refractivity contribution >= 4 is 6.09 Å². The first-order valence-electron chi connectivity index (χ1n) is 5.91. The van der Waals surface area contributed by atoms with Gasteiger partial charge in [0.15, 0.2) is 0 Å². The predicted molar refractivity (Wildman–Crippen MR) is 72.5 cm³/mol. The van der Waals surface area contributed by atoms with E-state index in [1.165, 1.54) is 0 Å². The van der Waals surface area contributed by atoms with Gasteiger partial charge in [-0.25, -0.2) is 4.79 Å². The first-order valence-corrected chi connectivity index (χ1v) is 5.91. The Morgan fingerprint density at radius 2 is 1.63 bits per heavy atom. The van der Waals surface area contributed by atoms with E-state index in [1.807, 2.05) is 0 Å². The van der Waals surface area contributed by atoms with Crippen molar-refractivity contribution in [1.29, 1.82) is 0 Å². The average Bonchev–Trinajstić information content (AvgIpc) is 2.26. The molecule has 0 aliphatic heterocycles. The van der Waals surface area contributed by atoms with Gasteiger partial charge in [-0.3, -0.25) is 0 Å². The molecule has 0 heterocycles. The van der Waals surface area contributed by atoms with Gasteiger partial charge in [0.25, 0.3) is 0 Å². The minimum absolute atomic E-state index is 0.168. The van der Waals surface area contributed by atoms with Crippen LogP contribution in [0.25, 0.3) is 0 Å². The zero-order valence-electron chi connectivity index (χ0n) is 11.7. The number of carbonyl (C=O) groups excluding carboxylic acids is 1. The van der Waals surface area contributed by atoms with Crippen LogP contribution in [-0.4, -0.2) is 44.2 Å². The summed E-state index contributed by atoms with van der Waals surface area (Å²) in [6.45, 7) is 6.15. The highest BCUT2D eigenvalue weighted by atomic mass is 16.6. The highest BCUT2D eigenvalue weighted by Gasteiger charge is 2.19. The molecule has 5 heteroatoms. The van der Waals surface area contributed by atoms with Crippen LogP contribution in [-0.2, 0) is 14.2 Å².